The van der Waals surface area contributed by atoms with Gasteiger partial charge in [-0.1, -0.05) is 18.2 Å². The molecule has 2 aliphatic rings. The van der Waals surface area contributed by atoms with Gasteiger partial charge in [-0.25, -0.2) is 0 Å². The predicted molar refractivity (Wildman–Crippen MR) is 99.3 cm³/mol. The predicted octanol–water partition coefficient (Wildman–Crippen LogP) is 0.856. The molecule has 0 saturated carbocycles. The van der Waals surface area contributed by atoms with Crippen LogP contribution in [-0.4, -0.2) is 58.8 Å². The number of carbonyl (C=O) groups is 2. The van der Waals surface area contributed by atoms with Crippen LogP contribution in [0.1, 0.15) is 22.6 Å². The molecule has 1 aromatic carbocycles. The van der Waals surface area contributed by atoms with Crippen molar-refractivity contribution in [1.82, 2.24) is 20.0 Å². The van der Waals surface area contributed by atoms with Gasteiger partial charge in [0.15, 0.2) is 5.69 Å². The lowest BCUT2D eigenvalue weighted by Gasteiger charge is -2.30. The standard InChI is InChI=1S/C19H23N5O3/c25-18(11-16-12-20-6-9-27-16)23-7-8-24-15(13-23)10-17(22-24)19(26)21-14-4-2-1-3-5-14/h1-5,10,16,20H,6-9,11-13H2,(H,21,26)/t16-/m0/s1. The summed E-state index contributed by atoms with van der Waals surface area (Å²) in [6.07, 6.45) is 0.313. The normalized spacial score (nSPS) is 19.4. The van der Waals surface area contributed by atoms with Crippen molar-refractivity contribution in [2.75, 3.05) is 31.6 Å². The molecule has 2 amide bonds. The molecule has 2 aliphatic heterocycles. The number of nitrogens with zero attached hydrogens (tertiary/aromatic N) is 3. The molecule has 2 aromatic rings. The van der Waals surface area contributed by atoms with Crippen LogP contribution in [0, 0.1) is 0 Å². The van der Waals surface area contributed by atoms with Crippen LogP contribution in [-0.2, 0) is 22.6 Å². The van der Waals surface area contributed by atoms with Gasteiger partial charge in [-0.2, -0.15) is 5.10 Å². The van der Waals surface area contributed by atoms with Gasteiger partial charge in [-0.05, 0) is 18.2 Å². The van der Waals surface area contributed by atoms with E-state index < -0.39 is 0 Å². The zero-order valence-electron chi connectivity index (χ0n) is 15.1. The van der Waals surface area contributed by atoms with Crippen LogP contribution in [0.25, 0.3) is 0 Å². The molecule has 0 unspecified atom stereocenters. The fourth-order valence-corrected chi connectivity index (χ4v) is 3.38. The average molecular weight is 369 g/mol. The van der Waals surface area contributed by atoms with Crippen LogP contribution in [0.4, 0.5) is 5.69 Å². The highest BCUT2D eigenvalue weighted by atomic mass is 16.5. The van der Waals surface area contributed by atoms with Crippen molar-refractivity contribution in [1.29, 1.82) is 0 Å². The topological polar surface area (TPSA) is 88.5 Å². The Kier molecular flexibility index (Phi) is 5.17. The van der Waals surface area contributed by atoms with Gasteiger partial charge >= 0.3 is 0 Å². The molecule has 8 nitrogen and oxygen atoms in total. The number of nitrogens with one attached hydrogen (secondary N) is 2. The maximum Gasteiger partial charge on any atom is 0.276 e. The Bertz CT molecular complexity index is 814. The molecule has 1 atom stereocenters. The van der Waals surface area contributed by atoms with E-state index in [0.717, 1.165) is 17.9 Å². The Balaban J connectivity index is 1.38. The second-order valence-electron chi connectivity index (χ2n) is 6.78. The van der Waals surface area contributed by atoms with Gasteiger partial charge in [0, 0.05) is 25.3 Å². The number of hydrogen-bond acceptors (Lipinski definition) is 5. The second-order valence-corrected chi connectivity index (χ2v) is 6.78. The first-order valence-corrected chi connectivity index (χ1v) is 9.22. The van der Waals surface area contributed by atoms with Gasteiger partial charge in [0.2, 0.25) is 5.91 Å². The summed E-state index contributed by atoms with van der Waals surface area (Å²) in [6, 6.07) is 11.0. The van der Waals surface area contributed by atoms with E-state index in [1.807, 2.05) is 39.9 Å². The Hall–Kier alpha value is -2.71. The molecule has 1 fully saturated rings. The summed E-state index contributed by atoms with van der Waals surface area (Å²) in [7, 11) is 0. The number of carbonyl (C=O) groups excluding carboxylic acids is 2. The van der Waals surface area contributed by atoms with Crippen LogP contribution in [0.2, 0.25) is 0 Å². The summed E-state index contributed by atoms with van der Waals surface area (Å²) < 4.78 is 7.43. The van der Waals surface area contributed by atoms with Crippen LogP contribution in [0.15, 0.2) is 36.4 Å². The first-order chi connectivity index (χ1) is 13.2. The monoisotopic (exact) mass is 369 g/mol. The van der Waals surface area contributed by atoms with Gasteiger partial charge in [-0.15, -0.1) is 0 Å². The number of benzene rings is 1. The third-order valence-electron chi connectivity index (χ3n) is 4.82. The van der Waals surface area contributed by atoms with E-state index in [1.54, 1.807) is 6.07 Å². The van der Waals surface area contributed by atoms with Gasteiger partial charge in [-0.3, -0.25) is 14.3 Å². The lowest BCUT2D eigenvalue weighted by atomic mass is 10.2. The third-order valence-corrected chi connectivity index (χ3v) is 4.82. The molecule has 8 heteroatoms. The number of rotatable bonds is 4. The maximum atomic E-state index is 12.6. The van der Waals surface area contributed by atoms with E-state index >= 15 is 0 Å². The van der Waals surface area contributed by atoms with E-state index in [0.29, 0.717) is 44.9 Å². The summed E-state index contributed by atoms with van der Waals surface area (Å²) in [5, 5.41) is 10.5. The molecule has 142 valence electrons. The minimum absolute atomic E-state index is 0.0645. The quantitative estimate of drug-likeness (QED) is 0.834. The molecule has 0 spiro atoms. The van der Waals surface area contributed by atoms with Crippen LogP contribution in [0.3, 0.4) is 0 Å². The van der Waals surface area contributed by atoms with Crippen molar-refractivity contribution in [3.05, 3.63) is 47.8 Å². The summed E-state index contributed by atoms with van der Waals surface area (Å²) in [4.78, 5) is 26.8. The fourth-order valence-electron chi connectivity index (χ4n) is 3.38. The summed E-state index contributed by atoms with van der Waals surface area (Å²) in [6.45, 7) is 3.83. The van der Waals surface area contributed by atoms with E-state index in [4.69, 9.17) is 4.74 Å². The highest BCUT2D eigenvalue weighted by molar-refractivity contribution is 6.02. The maximum absolute atomic E-state index is 12.6. The van der Waals surface area contributed by atoms with Crippen LogP contribution in [0.5, 0.6) is 0 Å². The van der Waals surface area contributed by atoms with Crippen LogP contribution < -0.4 is 10.6 Å². The summed E-state index contributed by atoms with van der Waals surface area (Å²) >= 11 is 0. The Labute approximate surface area is 157 Å². The molecule has 0 aliphatic carbocycles. The average Bonchev–Trinajstić information content (AvgIpc) is 3.13. The number of hydrogen-bond donors (Lipinski definition) is 2. The molecule has 0 radical (unpaired) electrons. The fraction of sp³-hybridized carbons (Fsp3) is 0.421. The number of ether oxygens (including phenoxy) is 1. The molecule has 1 aromatic heterocycles. The minimum Gasteiger partial charge on any atom is -0.375 e. The number of morpholine rings is 1. The molecule has 4 rings (SSSR count). The third kappa shape index (κ3) is 4.17. The SMILES string of the molecule is O=C(Nc1ccccc1)c1cc2n(n1)CCN(C(=O)C[C@H]1CNCCO1)C2. The minimum atomic E-state index is -0.248. The molecular weight excluding hydrogens is 346 g/mol. The zero-order valence-corrected chi connectivity index (χ0v) is 15.1. The van der Waals surface area contributed by atoms with Crippen molar-refractivity contribution >= 4 is 17.5 Å². The number of fused-ring (bicyclic) bond motifs is 1. The molecule has 27 heavy (non-hydrogen) atoms. The van der Waals surface area contributed by atoms with Crippen molar-refractivity contribution in [3.63, 3.8) is 0 Å². The van der Waals surface area contributed by atoms with E-state index in [9.17, 15) is 9.59 Å². The number of amides is 2. The van der Waals surface area contributed by atoms with Gasteiger partial charge in [0.05, 0.1) is 37.9 Å². The largest absolute Gasteiger partial charge is 0.375 e. The van der Waals surface area contributed by atoms with E-state index in [2.05, 4.69) is 15.7 Å². The number of anilines is 1. The lowest BCUT2D eigenvalue weighted by Crippen LogP contribution is -2.44. The van der Waals surface area contributed by atoms with Gasteiger partial charge in [0.25, 0.3) is 5.91 Å². The Morgan fingerprint density at radius 3 is 2.89 bits per heavy atom. The van der Waals surface area contributed by atoms with Crippen molar-refractivity contribution in [3.8, 4) is 0 Å². The molecule has 2 N–H and O–H groups in total. The van der Waals surface area contributed by atoms with E-state index in [-0.39, 0.29) is 17.9 Å². The van der Waals surface area contributed by atoms with Crippen molar-refractivity contribution in [2.24, 2.45) is 0 Å². The second kappa shape index (κ2) is 7.89. The van der Waals surface area contributed by atoms with E-state index in [1.165, 1.54) is 0 Å². The number of para-hydroxylation sites is 1. The van der Waals surface area contributed by atoms with Gasteiger partial charge < -0.3 is 20.3 Å². The first kappa shape index (κ1) is 17.7. The molecule has 0 bridgehead atoms. The zero-order chi connectivity index (χ0) is 18.6. The smallest absolute Gasteiger partial charge is 0.276 e. The van der Waals surface area contributed by atoms with Gasteiger partial charge in [0.1, 0.15) is 0 Å². The summed E-state index contributed by atoms with van der Waals surface area (Å²) in [5.41, 5.74) is 1.96. The highest BCUT2D eigenvalue weighted by Crippen LogP contribution is 2.17. The van der Waals surface area contributed by atoms with Crippen molar-refractivity contribution < 1.29 is 14.3 Å². The molecule has 3 heterocycles. The Morgan fingerprint density at radius 2 is 2.11 bits per heavy atom. The first-order valence-electron chi connectivity index (χ1n) is 9.22. The molecule has 1 saturated heterocycles. The summed E-state index contributed by atoms with van der Waals surface area (Å²) in [5.74, 6) is -0.172. The molecular formula is C19H23N5O3. The van der Waals surface area contributed by atoms with Crippen LogP contribution >= 0.6 is 0 Å². The Morgan fingerprint density at radius 1 is 1.26 bits per heavy atom. The highest BCUT2D eigenvalue weighted by Gasteiger charge is 2.26. The number of aromatic nitrogens is 2. The van der Waals surface area contributed by atoms with Crippen molar-refractivity contribution in [2.45, 2.75) is 25.6 Å². The lowest BCUT2D eigenvalue weighted by molar-refractivity contribution is -0.136.